The molecule has 1 saturated heterocycles. The van der Waals surface area contributed by atoms with E-state index in [-0.39, 0.29) is 12.5 Å². The fourth-order valence-electron chi connectivity index (χ4n) is 3.26. The van der Waals surface area contributed by atoms with Crippen molar-refractivity contribution in [1.82, 2.24) is 9.80 Å². The Balaban J connectivity index is 1.84. The number of amides is 1. The number of halogens is 1. The summed E-state index contributed by atoms with van der Waals surface area (Å²) in [6.07, 6.45) is -2.91. The number of carbonyl (C=O) groups is 1. The number of hydrogen-bond acceptors (Lipinski definition) is 8. The molecule has 2 heterocycles. The lowest BCUT2D eigenvalue weighted by atomic mass is 10.1. The number of hydrogen-bond donors (Lipinski definition) is 5. The van der Waals surface area contributed by atoms with Crippen LogP contribution in [0.5, 0.6) is 0 Å². The molecule has 0 spiro atoms. The third-order valence-electron chi connectivity index (χ3n) is 4.57. The van der Waals surface area contributed by atoms with Crippen LogP contribution in [0.3, 0.4) is 0 Å². The molecule has 1 fully saturated rings. The number of aliphatic hydroxyl groups is 3. The molecule has 1 amide bonds. The average molecular weight is 385 g/mol. The third-order valence-corrected chi connectivity index (χ3v) is 4.91. The number of benzene rings is 1. The monoisotopic (exact) mass is 384 g/mol. The SMILES string of the molecule is NC(=O)C(c1ccccc1Cl)N1C=C(N)N([C@@H]2O[C@H](CO)[C@@H](O)[C@H]2O)C1. The van der Waals surface area contributed by atoms with Crippen LogP contribution in [-0.2, 0) is 9.53 Å². The van der Waals surface area contributed by atoms with Crippen LogP contribution in [0.4, 0.5) is 0 Å². The highest BCUT2D eigenvalue weighted by atomic mass is 35.5. The molecule has 2 aliphatic heterocycles. The van der Waals surface area contributed by atoms with E-state index in [9.17, 15) is 20.1 Å². The molecule has 7 N–H and O–H groups in total. The summed E-state index contributed by atoms with van der Waals surface area (Å²) in [7, 11) is 0. The zero-order chi connectivity index (χ0) is 19.0. The van der Waals surface area contributed by atoms with Crippen molar-refractivity contribution in [2.24, 2.45) is 11.5 Å². The van der Waals surface area contributed by atoms with E-state index in [1.165, 1.54) is 11.1 Å². The van der Waals surface area contributed by atoms with Crippen LogP contribution >= 0.6 is 11.6 Å². The maximum Gasteiger partial charge on any atom is 0.244 e. The van der Waals surface area contributed by atoms with Gasteiger partial charge in [0.15, 0.2) is 6.23 Å². The molecule has 2 aliphatic rings. The Morgan fingerprint density at radius 1 is 1.35 bits per heavy atom. The summed E-state index contributed by atoms with van der Waals surface area (Å²) >= 11 is 6.20. The molecule has 0 bridgehead atoms. The van der Waals surface area contributed by atoms with Gasteiger partial charge in [0.25, 0.3) is 0 Å². The van der Waals surface area contributed by atoms with Crippen LogP contribution in [0.1, 0.15) is 11.6 Å². The highest BCUT2D eigenvalue weighted by molar-refractivity contribution is 6.31. The Morgan fingerprint density at radius 2 is 2.04 bits per heavy atom. The first kappa shape index (κ1) is 18.7. The Bertz CT molecular complexity index is 718. The first-order valence-corrected chi connectivity index (χ1v) is 8.38. The second-order valence-electron chi connectivity index (χ2n) is 6.23. The summed E-state index contributed by atoms with van der Waals surface area (Å²) in [5, 5.41) is 29.7. The lowest BCUT2D eigenvalue weighted by Gasteiger charge is -2.32. The van der Waals surface area contributed by atoms with Gasteiger partial charge in [-0.3, -0.25) is 4.79 Å². The van der Waals surface area contributed by atoms with Crippen molar-refractivity contribution in [1.29, 1.82) is 0 Å². The fraction of sp³-hybridized carbons (Fsp3) is 0.438. The fourth-order valence-corrected chi connectivity index (χ4v) is 3.49. The van der Waals surface area contributed by atoms with Crippen LogP contribution in [-0.4, -0.2) is 68.8 Å². The number of nitrogens with zero attached hydrogens (tertiary/aromatic N) is 2. The van der Waals surface area contributed by atoms with E-state index in [0.717, 1.165) is 0 Å². The zero-order valence-electron chi connectivity index (χ0n) is 13.8. The van der Waals surface area contributed by atoms with Crippen molar-refractivity contribution in [3.63, 3.8) is 0 Å². The van der Waals surface area contributed by atoms with Gasteiger partial charge in [0, 0.05) is 16.8 Å². The van der Waals surface area contributed by atoms with Gasteiger partial charge in [-0.1, -0.05) is 29.8 Å². The number of ether oxygens (including phenoxy) is 1. The molecule has 1 aromatic rings. The predicted molar refractivity (Wildman–Crippen MR) is 92.0 cm³/mol. The molecule has 1 unspecified atom stereocenters. The normalized spacial score (nSPS) is 29.8. The summed E-state index contributed by atoms with van der Waals surface area (Å²) in [5.74, 6) is -0.400. The van der Waals surface area contributed by atoms with E-state index in [1.807, 2.05) is 0 Å². The minimum Gasteiger partial charge on any atom is -0.394 e. The Kier molecular flexibility index (Phi) is 5.26. The van der Waals surface area contributed by atoms with Crippen LogP contribution in [0.15, 0.2) is 36.3 Å². The van der Waals surface area contributed by atoms with Gasteiger partial charge in [0.1, 0.15) is 30.2 Å². The predicted octanol–water partition coefficient (Wildman–Crippen LogP) is -1.36. The lowest BCUT2D eigenvalue weighted by Crippen LogP contribution is -2.46. The molecule has 1 aromatic carbocycles. The third kappa shape index (κ3) is 3.19. The van der Waals surface area contributed by atoms with Crippen molar-refractivity contribution in [3.8, 4) is 0 Å². The summed E-state index contributed by atoms with van der Waals surface area (Å²) in [4.78, 5) is 15.1. The number of rotatable bonds is 5. The molecule has 5 atom stereocenters. The number of primary amides is 1. The van der Waals surface area contributed by atoms with Gasteiger partial charge in [-0.25, -0.2) is 0 Å². The second-order valence-corrected chi connectivity index (χ2v) is 6.64. The minimum atomic E-state index is -1.27. The number of aliphatic hydroxyl groups excluding tert-OH is 3. The molecular formula is C16H21ClN4O5. The van der Waals surface area contributed by atoms with Crippen molar-refractivity contribution in [2.45, 2.75) is 30.6 Å². The molecule has 9 nitrogen and oxygen atoms in total. The van der Waals surface area contributed by atoms with Gasteiger partial charge in [0.05, 0.1) is 13.3 Å². The van der Waals surface area contributed by atoms with Crippen molar-refractivity contribution in [2.75, 3.05) is 13.3 Å². The van der Waals surface area contributed by atoms with Crippen LogP contribution in [0.2, 0.25) is 5.02 Å². The summed E-state index contributed by atoms with van der Waals surface area (Å²) in [6.45, 7) is -0.364. The van der Waals surface area contributed by atoms with Crippen molar-refractivity contribution in [3.05, 3.63) is 46.9 Å². The molecule has 10 heteroatoms. The lowest BCUT2D eigenvalue weighted by molar-refractivity contribution is -0.124. The summed E-state index contributed by atoms with van der Waals surface area (Å²) in [6, 6.07) is 5.95. The molecule has 26 heavy (non-hydrogen) atoms. The molecular weight excluding hydrogens is 364 g/mol. The van der Waals surface area contributed by atoms with Gasteiger partial charge in [-0.2, -0.15) is 0 Å². The number of carbonyl (C=O) groups excluding carboxylic acids is 1. The first-order valence-electron chi connectivity index (χ1n) is 8.01. The standard InChI is InChI=1S/C16H21ClN4O5/c17-9-4-2-1-3-8(9)12(15(19)25)20-5-11(18)21(7-20)16-14(24)13(23)10(6-22)26-16/h1-5,10,12-14,16,22-24H,6-7,18H2,(H2,19,25)/t10-,12?,13-,14-,16-/m1/s1. The smallest absolute Gasteiger partial charge is 0.244 e. The average Bonchev–Trinajstić information content (AvgIpc) is 3.10. The first-order chi connectivity index (χ1) is 12.3. The van der Waals surface area contributed by atoms with E-state index in [4.69, 9.17) is 27.8 Å². The number of nitrogens with two attached hydrogens (primary N) is 2. The summed E-state index contributed by atoms with van der Waals surface area (Å²) < 4.78 is 5.49. The maximum atomic E-state index is 12.1. The van der Waals surface area contributed by atoms with Gasteiger partial charge in [-0.15, -0.1) is 0 Å². The van der Waals surface area contributed by atoms with Crippen LogP contribution in [0, 0.1) is 0 Å². The molecule has 142 valence electrons. The zero-order valence-corrected chi connectivity index (χ0v) is 14.5. The highest BCUT2D eigenvalue weighted by Crippen LogP contribution is 2.33. The van der Waals surface area contributed by atoms with Crippen molar-refractivity contribution < 1.29 is 24.9 Å². The molecule has 0 aromatic heterocycles. The van der Waals surface area contributed by atoms with E-state index < -0.39 is 43.1 Å². The van der Waals surface area contributed by atoms with E-state index >= 15 is 0 Å². The topological polar surface area (TPSA) is 146 Å². The Hall–Kier alpha value is -2.04. The van der Waals surface area contributed by atoms with E-state index in [2.05, 4.69) is 0 Å². The molecule has 0 saturated carbocycles. The molecule has 3 rings (SSSR count). The maximum absolute atomic E-state index is 12.1. The van der Waals surface area contributed by atoms with Gasteiger partial charge >= 0.3 is 0 Å². The molecule has 0 radical (unpaired) electrons. The second kappa shape index (κ2) is 7.29. The van der Waals surface area contributed by atoms with Gasteiger partial charge in [-0.05, 0) is 6.07 Å². The summed E-state index contributed by atoms with van der Waals surface area (Å²) in [5.41, 5.74) is 12.1. The van der Waals surface area contributed by atoms with Crippen LogP contribution in [0.25, 0.3) is 0 Å². The quantitative estimate of drug-likeness (QED) is 0.418. The minimum absolute atomic E-state index is 0.0806. The highest BCUT2D eigenvalue weighted by Gasteiger charge is 2.47. The van der Waals surface area contributed by atoms with E-state index in [1.54, 1.807) is 29.2 Å². The molecule has 0 aliphatic carbocycles. The van der Waals surface area contributed by atoms with E-state index in [0.29, 0.717) is 10.6 Å². The van der Waals surface area contributed by atoms with Gasteiger partial charge in [0.2, 0.25) is 5.91 Å². The van der Waals surface area contributed by atoms with Crippen molar-refractivity contribution >= 4 is 17.5 Å². The van der Waals surface area contributed by atoms with Crippen LogP contribution < -0.4 is 11.5 Å². The Morgan fingerprint density at radius 3 is 2.62 bits per heavy atom. The van der Waals surface area contributed by atoms with Gasteiger partial charge < -0.3 is 41.3 Å². The largest absolute Gasteiger partial charge is 0.394 e. The Labute approximate surface area is 155 Å².